The molecule has 0 aliphatic heterocycles. The average Bonchev–Trinajstić information content (AvgIpc) is 2.78. The highest BCUT2D eigenvalue weighted by molar-refractivity contribution is 5.93. The Kier molecular flexibility index (Phi) is 4.24. The van der Waals surface area contributed by atoms with E-state index in [0.29, 0.717) is 29.9 Å². The number of aryl methyl sites for hydroxylation is 1. The van der Waals surface area contributed by atoms with Crippen LogP contribution in [0.5, 0.6) is 5.75 Å². The number of hydrogen-bond acceptors (Lipinski definition) is 5. The number of aldehydes is 1. The molecule has 0 atom stereocenters. The number of aromatic nitrogens is 2. The lowest BCUT2D eigenvalue weighted by atomic mass is 10.0. The molecule has 2 rings (SSSR count). The molecular weight excluding hydrogens is 268 g/mol. The number of carbonyl (C=O) groups excluding carboxylic acids is 1. The quantitative estimate of drug-likeness (QED) is 0.849. The molecule has 0 amide bonds. The first-order valence-electron chi connectivity index (χ1n) is 6.54. The Morgan fingerprint density at radius 2 is 2.29 bits per heavy atom. The fourth-order valence-electron chi connectivity index (χ4n) is 2.10. The number of nitrogens with two attached hydrogens (primary N) is 1. The number of nitrogens with zero attached hydrogens (tertiary/aromatic N) is 3. The van der Waals surface area contributed by atoms with Crippen LogP contribution < -0.4 is 10.5 Å². The van der Waals surface area contributed by atoms with Crippen molar-refractivity contribution < 1.29 is 9.53 Å². The van der Waals surface area contributed by atoms with E-state index in [9.17, 15) is 4.79 Å². The molecule has 0 spiro atoms. The van der Waals surface area contributed by atoms with Crippen molar-refractivity contribution in [2.75, 3.05) is 12.3 Å². The summed E-state index contributed by atoms with van der Waals surface area (Å²) in [6.45, 7) is 4.31. The van der Waals surface area contributed by atoms with E-state index in [1.807, 2.05) is 38.1 Å². The Morgan fingerprint density at radius 3 is 2.90 bits per heavy atom. The van der Waals surface area contributed by atoms with Crippen LogP contribution in [0.2, 0.25) is 0 Å². The predicted molar refractivity (Wildman–Crippen MR) is 79.0 cm³/mol. The van der Waals surface area contributed by atoms with Gasteiger partial charge in [-0.1, -0.05) is 11.6 Å². The summed E-state index contributed by atoms with van der Waals surface area (Å²) in [6, 6.07) is 7.61. The van der Waals surface area contributed by atoms with E-state index < -0.39 is 0 Å². The van der Waals surface area contributed by atoms with Gasteiger partial charge in [-0.2, -0.15) is 10.4 Å². The van der Waals surface area contributed by atoms with Crippen LogP contribution in [0.4, 0.5) is 5.82 Å². The molecule has 6 nitrogen and oxygen atoms in total. The number of anilines is 1. The molecule has 0 aliphatic rings. The van der Waals surface area contributed by atoms with Crippen molar-refractivity contribution in [2.45, 2.75) is 20.4 Å². The third-order valence-electron chi connectivity index (χ3n) is 3.06. The van der Waals surface area contributed by atoms with Crippen molar-refractivity contribution in [3.05, 3.63) is 29.3 Å². The second kappa shape index (κ2) is 6.09. The van der Waals surface area contributed by atoms with Gasteiger partial charge in [-0.15, -0.1) is 0 Å². The number of ether oxygens (including phenoxy) is 1. The Labute approximate surface area is 122 Å². The van der Waals surface area contributed by atoms with E-state index in [0.717, 1.165) is 5.56 Å². The van der Waals surface area contributed by atoms with Gasteiger partial charge < -0.3 is 10.5 Å². The highest BCUT2D eigenvalue weighted by Gasteiger charge is 2.19. The molecule has 1 aromatic heterocycles. The maximum absolute atomic E-state index is 11.3. The van der Waals surface area contributed by atoms with E-state index in [2.05, 4.69) is 5.10 Å². The standard InChI is InChI=1S/C15H16N4O2/c1-3-21-13-5-4-10(2)8-11(13)14-12(9-20)15(17)19(18-14)7-6-16/h4-5,8-9H,3,7,17H2,1-2H3. The lowest BCUT2D eigenvalue weighted by molar-refractivity contribution is 0.112. The second-order valence-corrected chi connectivity index (χ2v) is 4.51. The topological polar surface area (TPSA) is 93.9 Å². The van der Waals surface area contributed by atoms with Gasteiger partial charge in [0.1, 0.15) is 23.8 Å². The molecule has 0 aliphatic carbocycles. The molecule has 0 bridgehead atoms. The first-order valence-corrected chi connectivity index (χ1v) is 6.54. The van der Waals surface area contributed by atoms with Crippen LogP contribution in [0.3, 0.4) is 0 Å². The molecule has 108 valence electrons. The Morgan fingerprint density at radius 1 is 1.52 bits per heavy atom. The molecule has 0 radical (unpaired) electrons. The number of nitriles is 1. The zero-order chi connectivity index (χ0) is 15.4. The Balaban J connectivity index is 2.66. The third-order valence-corrected chi connectivity index (χ3v) is 3.06. The number of benzene rings is 1. The highest BCUT2D eigenvalue weighted by Crippen LogP contribution is 2.34. The first-order chi connectivity index (χ1) is 10.1. The maximum atomic E-state index is 11.3. The van der Waals surface area contributed by atoms with E-state index >= 15 is 0 Å². The summed E-state index contributed by atoms with van der Waals surface area (Å²) in [4.78, 5) is 11.3. The molecule has 6 heteroatoms. The van der Waals surface area contributed by atoms with Crippen molar-refractivity contribution in [3.63, 3.8) is 0 Å². The SMILES string of the molecule is CCOc1ccc(C)cc1-c1nn(CC#N)c(N)c1C=O. The fraction of sp³-hybridized carbons (Fsp3) is 0.267. The number of carbonyl (C=O) groups is 1. The van der Waals surface area contributed by atoms with Gasteiger partial charge in [0.25, 0.3) is 0 Å². The van der Waals surface area contributed by atoms with Gasteiger partial charge in [0.15, 0.2) is 6.29 Å². The van der Waals surface area contributed by atoms with Crippen molar-refractivity contribution in [1.82, 2.24) is 9.78 Å². The van der Waals surface area contributed by atoms with Gasteiger partial charge in [-0.25, -0.2) is 4.68 Å². The lowest BCUT2D eigenvalue weighted by Gasteiger charge is -2.09. The molecule has 1 aromatic carbocycles. The molecule has 2 N–H and O–H groups in total. The zero-order valence-corrected chi connectivity index (χ0v) is 12.0. The van der Waals surface area contributed by atoms with Gasteiger partial charge >= 0.3 is 0 Å². The van der Waals surface area contributed by atoms with E-state index in [1.54, 1.807) is 0 Å². The van der Waals surface area contributed by atoms with Gasteiger partial charge in [0.2, 0.25) is 0 Å². The number of hydrogen-bond donors (Lipinski definition) is 1. The molecule has 0 unspecified atom stereocenters. The summed E-state index contributed by atoms with van der Waals surface area (Å²) in [5.41, 5.74) is 8.30. The van der Waals surface area contributed by atoms with Crippen molar-refractivity contribution in [1.29, 1.82) is 5.26 Å². The summed E-state index contributed by atoms with van der Waals surface area (Å²) in [5, 5.41) is 13.1. The minimum Gasteiger partial charge on any atom is -0.493 e. The summed E-state index contributed by atoms with van der Waals surface area (Å²) < 4.78 is 6.90. The second-order valence-electron chi connectivity index (χ2n) is 4.51. The molecule has 21 heavy (non-hydrogen) atoms. The normalized spacial score (nSPS) is 10.1. The van der Waals surface area contributed by atoms with Crippen LogP contribution in [-0.4, -0.2) is 22.7 Å². The van der Waals surface area contributed by atoms with Gasteiger partial charge in [0, 0.05) is 5.56 Å². The van der Waals surface area contributed by atoms with Gasteiger partial charge in [-0.3, -0.25) is 4.79 Å². The van der Waals surface area contributed by atoms with Crippen molar-refractivity contribution in [2.24, 2.45) is 0 Å². The summed E-state index contributed by atoms with van der Waals surface area (Å²) >= 11 is 0. The summed E-state index contributed by atoms with van der Waals surface area (Å²) in [6.07, 6.45) is 0.656. The predicted octanol–water partition coefficient (Wildman–Crippen LogP) is 2.18. The number of nitrogen functional groups attached to an aromatic ring is 1. The van der Waals surface area contributed by atoms with Crippen LogP contribution in [-0.2, 0) is 6.54 Å². The van der Waals surface area contributed by atoms with Crippen LogP contribution in [0.15, 0.2) is 18.2 Å². The zero-order valence-electron chi connectivity index (χ0n) is 12.0. The Hall–Kier alpha value is -2.81. The Bertz CT molecular complexity index is 713. The van der Waals surface area contributed by atoms with Crippen LogP contribution >= 0.6 is 0 Å². The van der Waals surface area contributed by atoms with Gasteiger partial charge in [-0.05, 0) is 26.0 Å². The van der Waals surface area contributed by atoms with Crippen molar-refractivity contribution >= 4 is 12.1 Å². The number of rotatable bonds is 5. The van der Waals surface area contributed by atoms with Crippen molar-refractivity contribution in [3.8, 4) is 23.1 Å². The first kappa shape index (κ1) is 14.6. The molecule has 0 saturated carbocycles. The summed E-state index contributed by atoms with van der Waals surface area (Å²) in [5.74, 6) is 0.818. The molecule has 0 saturated heterocycles. The van der Waals surface area contributed by atoms with Crippen LogP contribution in [0.1, 0.15) is 22.8 Å². The van der Waals surface area contributed by atoms with E-state index in [1.165, 1.54) is 4.68 Å². The monoisotopic (exact) mass is 284 g/mol. The van der Waals surface area contributed by atoms with Gasteiger partial charge in [0.05, 0.1) is 18.2 Å². The molecule has 0 fully saturated rings. The largest absolute Gasteiger partial charge is 0.493 e. The third kappa shape index (κ3) is 2.72. The molecule has 1 heterocycles. The summed E-state index contributed by atoms with van der Waals surface area (Å²) in [7, 11) is 0. The minimum absolute atomic E-state index is 0.0115. The molecule has 2 aromatic rings. The van der Waals surface area contributed by atoms with Crippen LogP contribution in [0, 0.1) is 18.3 Å². The maximum Gasteiger partial charge on any atom is 0.156 e. The average molecular weight is 284 g/mol. The molecular formula is C15H16N4O2. The van der Waals surface area contributed by atoms with E-state index in [-0.39, 0.29) is 17.9 Å². The highest BCUT2D eigenvalue weighted by atomic mass is 16.5. The lowest BCUT2D eigenvalue weighted by Crippen LogP contribution is -2.03. The fourth-order valence-corrected chi connectivity index (χ4v) is 2.10. The van der Waals surface area contributed by atoms with Crippen LogP contribution in [0.25, 0.3) is 11.3 Å². The smallest absolute Gasteiger partial charge is 0.156 e. The minimum atomic E-state index is -0.0115. The van der Waals surface area contributed by atoms with E-state index in [4.69, 9.17) is 15.7 Å².